The minimum atomic E-state index is 0.0120. The number of benzene rings is 1. The van der Waals surface area contributed by atoms with Crippen LogP contribution in [-0.2, 0) is 24.2 Å². The number of hydrogen-bond acceptors (Lipinski definition) is 3. The predicted octanol–water partition coefficient (Wildman–Crippen LogP) is 2.67. The molecule has 3 rings (SSSR count). The summed E-state index contributed by atoms with van der Waals surface area (Å²) >= 11 is 0. The molecule has 1 aliphatic carbocycles. The number of nitrogens with zero attached hydrogens (tertiary/aromatic N) is 1. The third-order valence-corrected chi connectivity index (χ3v) is 5.27. The Labute approximate surface area is 139 Å². The summed E-state index contributed by atoms with van der Waals surface area (Å²) in [5.41, 5.74) is 3.92. The van der Waals surface area contributed by atoms with Crippen LogP contribution in [0.4, 0.5) is 0 Å². The Balaban J connectivity index is 1.66. The lowest BCUT2D eigenvalue weighted by atomic mass is 10.0. The van der Waals surface area contributed by atoms with Crippen molar-refractivity contribution in [1.82, 2.24) is 10.2 Å². The van der Waals surface area contributed by atoms with Gasteiger partial charge in [-0.15, -0.1) is 0 Å². The number of methoxy groups -OCH3 is 1. The van der Waals surface area contributed by atoms with Crippen molar-refractivity contribution in [2.45, 2.75) is 57.5 Å². The number of likely N-dealkylation sites (tertiary alicyclic amines) is 1. The first-order valence-electron chi connectivity index (χ1n) is 8.85. The SMILES string of the molecule is COc1cc2c(cc1CNC(=O)C1CCCCCN1C)CCC2. The lowest BCUT2D eigenvalue weighted by Crippen LogP contribution is -2.44. The summed E-state index contributed by atoms with van der Waals surface area (Å²) in [4.78, 5) is 14.8. The molecular formula is C19H28N2O2. The highest BCUT2D eigenvalue weighted by Crippen LogP contribution is 2.29. The minimum Gasteiger partial charge on any atom is -0.496 e. The molecule has 1 heterocycles. The fourth-order valence-electron chi connectivity index (χ4n) is 3.86. The molecule has 1 fully saturated rings. The van der Waals surface area contributed by atoms with E-state index in [1.165, 1.54) is 30.4 Å². The first-order chi connectivity index (χ1) is 11.2. The van der Waals surface area contributed by atoms with Crippen molar-refractivity contribution in [2.24, 2.45) is 0 Å². The molecule has 4 nitrogen and oxygen atoms in total. The predicted molar refractivity (Wildman–Crippen MR) is 91.8 cm³/mol. The molecule has 1 unspecified atom stereocenters. The highest BCUT2D eigenvalue weighted by Gasteiger charge is 2.24. The van der Waals surface area contributed by atoms with Gasteiger partial charge in [-0.2, -0.15) is 0 Å². The van der Waals surface area contributed by atoms with Crippen LogP contribution in [0.1, 0.15) is 48.8 Å². The first-order valence-corrected chi connectivity index (χ1v) is 8.85. The summed E-state index contributed by atoms with van der Waals surface area (Å²) in [6.45, 7) is 1.57. The number of carbonyl (C=O) groups excluding carboxylic acids is 1. The maximum Gasteiger partial charge on any atom is 0.237 e. The number of aryl methyl sites for hydroxylation is 2. The molecule has 1 atom stereocenters. The summed E-state index contributed by atoms with van der Waals surface area (Å²) in [5, 5.41) is 3.13. The molecule has 1 aromatic rings. The number of carbonyl (C=O) groups is 1. The third kappa shape index (κ3) is 3.69. The highest BCUT2D eigenvalue weighted by atomic mass is 16.5. The van der Waals surface area contributed by atoms with E-state index in [-0.39, 0.29) is 11.9 Å². The summed E-state index contributed by atoms with van der Waals surface area (Å²) in [6.07, 6.45) is 8.04. The Bertz CT molecular complexity index is 571. The van der Waals surface area contributed by atoms with Crippen molar-refractivity contribution in [3.05, 3.63) is 28.8 Å². The van der Waals surface area contributed by atoms with Gasteiger partial charge in [-0.3, -0.25) is 9.69 Å². The standard InChI is InChI=1S/C19H28N2O2/c1-21-10-5-3-4-9-17(21)19(22)20-13-16-11-14-7-6-8-15(14)12-18(16)23-2/h11-12,17H,3-10,13H2,1-2H3,(H,20,22). The number of rotatable bonds is 4. The number of likely N-dealkylation sites (N-methyl/N-ethyl adjacent to an activating group) is 1. The largest absolute Gasteiger partial charge is 0.496 e. The molecule has 0 spiro atoms. The minimum absolute atomic E-state index is 0.0120. The van der Waals surface area contributed by atoms with Gasteiger partial charge in [-0.05, 0) is 62.9 Å². The molecule has 0 saturated carbocycles. The molecular weight excluding hydrogens is 288 g/mol. The van der Waals surface area contributed by atoms with E-state index in [2.05, 4.69) is 29.4 Å². The van der Waals surface area contributed by atoms with Crippen molar-refractivity contribution < 1.29 is 9.53 Å². The molecule has 23 heavy (non-hydrogen) atoms. The van der Waals surface area contributed by atoms with Crippen LogP contribution in [0.3, 0.4) is 0 Å². The topological polar surface area (TPSA) is 41.6 Å². The molecule has 0 aromatic heterocycles. The van der Waals surface area contributed by atoms with Gasteiger partial charge in [0.2, 0.25) is 5.91 Å². The second kappa shape index (κ2) is 7.35. The quantitative estimate of drug-likeness (QED) is 0.928. The van der Waals surface area contributed by atoms with Crippen LogP contribution < -0.4 is 10.1 Å². The van der Waals surface area contributed by atoms with E-state index in [0.717, 1.165) is 43.5 Å². The highest BCUT2D eigenvalue weighted by molar-refractivity contribution is 5.81. The normalized spacial score (nSPS) is 21.6. The van der Waals surface area contributed by atoms with E-state index in [1.807, 2.05) is 0 Å². The summed E-state index contributed by atoms with van der Waals surface area (Å²) < 4.78 is 5.53. The number of amides is 1. The zero-order valence-electron chi connectivity index (χ0n) is 14.4. The summed E-state index contributed by atoms with van der Waals surface area (Å²) in [6, 6.07) is 4.39. The van der Waals surface area contributed by atoms with Crippen LogP contribution in [-0.4, -0.2) is 37.6 Å². The smallest absolute Gasteiger partial charge is 0.237 e. The van der Waals surface area contributed by atoms with Gasteiger partial charge in [0, 0.05) is 12.1 Å². The molecule has 1 aromatic carbocycles. The molecule has 1 N–H and O–H groups in total. The average molecular weight is 316 g/mol. The van der Waals surface area contributed by atoms with Gasteiger partial charge < -0.3 is 10.1 Å². The van der Waals surface area contributed by atoms with Gasteiger partial charge in [-0.25, -0.2) is 0 Å². The van der Waals surface area contributed by atoms with E-state index in [1.54, 1.807) is 7.11 Å². The molecule has 4 heteroatoms. The van der Waals surface area contributed by atoms with Crippen LogP contribution in [0.2, 0.25) is 0 Å². The van der Waals surface area contributed by atoms with E-state index in [9.17, 15) is 4.79 Å². The molecule has 2 aliphatic rings. The van der Waals surface area contributed by atoms with Crippen molar-refractivity contribution in [2.75, 3.05) is 20.7 Å². The van der Waals surface area contributed by atoms with E-state index in [4.69, 9.17) is 4.74 Å². The monoisotopic (exact) mass is 316 g/mol. The Morgan fingerprint density at radius 3 is 2.78 bits per heavy atom. The fourth-order valence-corrected chi connectivity index (χ4v) is 3.86. The Kier molecular flexibility index (Phi) is 5.21. The van der Waals surface area contributed by atoms with E-state index in [0.29, 0.717) is 6.54 Å². The van der Waals surface area contributed by atoms with Crippen LogP contribution in [0.5, 0.6) is 5.75 Å². The number of fused-ring (bicyclic) bond motifs is 1. The van der Waals surface area contributed by atoms with Crippen LogP contribution in [0, 0.1) is 0 Å². The lowest BCUT2D eigenvalue weighted by molar-refractivity contribution is -0.126. The average Bonchev–Trinajstić information content (AvgIpc) is 2.90. The molecule has 0 radical (unpaired) electrons. The maximum absolute atomic E-state index is 12.6. The van der Waals surface area contributed by atoms with Crippen molar-refractivity contribution in [1.29, 1.82) is 0 Å². The molecule has 1 saturated heterocycles. The number of nitrogens with one attached hydrogen (secondary N) is 1. The van der Waals surface area contributed by atoms with Gasteiger partial charge >= 0.3 is 0 Å². The Hall–Kier alpha value is -1.55. The second-order valence-corrected chi connectivity index (χ2v) is 6.85. The van der Waals surface area contributed by atoms with Crippen molar-refractivity contribution in [3.8, 4) is 5.75 Å². The maximum atomic E-state index is 12.6. The van der Waals surface area contributed by atoms with Gasteiger partial charge in [0.15, 0.2) is 0 Å². The lowest BCUT2D eigenvalue weighted by Gasteiger charge is -2.24. The molecule has 1 aliphatic heterocycles. The van der Waals surface area contributed by atoms with Crippen molar-refractivity contribution >= 4 is 5.91 Å². The molecule has 0 bridgehead atoms. The third-order valence-electron chi connectivity index (χ3n) is 5.27. The number of ether oxygens (including phenoxy) is 1. The van der Waals surface area contributed by atoms with Gasteiger partial charge in [0.1, 0.15) is 5.75 Å². The van der Waals surface area contributed by atoms with Gasteiger partial charge in [0.25, 0.3) is 0 Å². The van der Waals surface area contributed by atoms with E-state index >= 15 is 0 Å². The Morgan fingerprint density at radius 1 is 1.22 bits per heavy atom. The molecule has 1 amide bonds. The molecule has 126 valence electrons. The summed E-state index contributed by atoms with van der Waals surface area (Å²) in [5.74, 6) is 1.05. The van der Waals surface area contributed by atoms with Crippen molar-refractivity contribution in [3.63, 3.8) is 0 Å². The van der Waals surface area contributed by atoms with Gasteiger partial charge in [-0.1, -0.05) is 18.9 Å². The summed E-state index contributed by atoms with van der Waals surface area (Å²) in [7, 11) is 3.77. The number of hydrogen-bond donors (Lipinski definition) is 1. The first kappa shape index (κ1) is 16.3. The zero-order valence-corrected chi connectivity index (χ0v) is 14.4. The van der Waals surface area contributed by atoms with E-state index < -0.39 is 0 Å². The van der Waals surface area contributed by atoms with Crippen LogP contribution in [0.15, 0.2) is 12.1 Å². The van der Waals surface area contributed by atoms with Gasteiger partial charge in [0.05, 0.1) is 13.2 Å². The fraction of sp³-hybridized carbons (Fsp3) is 0.632. The van der Waals surface area contributed by atoms with Crippen LogP contribution in [0.25, 0.3) is 0 Å². The second-order valence-electron chi connectivity index (χ2n) is 6.85. The Morgan fingerprint density at radius 2 is 2.00 bits per heavy atom. The van der Waals surface area contributed by atoms with Crippen LogP contribution >= 0.6 is 0 Å². The zero-order chi connectivity index (χ0) is 16.2.